The zero-order chi connectivity index (χ0) is 22.3. The first kappa shape index (κ1) is 23.9. The van der Waals surface area contributed by atoms with Crippen LogP contribution in [0.1, 0.15) is 70.4 Å². The Morgan fingerprint density at radius 3 is 2.42 bits per heavy atom. The van der Waals surface area contributed by atoms with Crippen LogP contribution in [0.25, 0.3) is 10.8 Å². The maximum Gasteiger partial charge on any atom is 0.268 e. The first-order valence-electron chi connectivity index (χ1n) is 11.4. The van der Waals surface area contributed by atoms with E-state index in [0.717, 1.165) is 24.1 Å². The number of aromatic nitrogens is 2. The van der Waals surface area contributed by atoms with Crippen molar-refractivity contribution < 1.29 is 8.95 Å². The van der Waals surface area contributed by atoms with E-state index in [4.69, 9.17) is 13.9 Å². The van der Waals surface area contributed by atoms with Crippen molar-refractivity contribution in [2.75, 3.05) is 0 Å². The molecule has 2 aromatic heterocycles. The van der Waals surface area contributed by atoms with Crippen molar-refractivity contribution in [3.63, 3.8) is 0 Å². The molecule has 0 amide bonds. The van der Waals surface area contributed by atoms with Crippen LogP contribution in [0.2, 0.25) is 18.1 Å². The second-order valence-electron chi connectivity index (χ2n) is 9.74. The van der Waals surface area contributed by atoms with Crippen LogP contribution in [0.4, 0.5) is 0 Å². The second kappa shape index (κ2) is 10.7. The quantitative estimate of drug-likeness (QED) is 0.216. The fourth-order valence-electron chi connectivity index (χ4n) is 3.30. The predicted molar refractivity (Wildman–Crippen MR) is 132 cm³/mol. The summed E-state index contributed by atoms with van der Waals surface area (Å²) in [5.74, 6) is 1.29. The van der Waals surface area contributed by atoms with Crippen molar-refractivity contribution in [1.82, 2.24) is 10.1 Å². The molecule has 0 bridgehead atoms. The monoisotopic (exact) mass is 456 g/mol. The minimum Gasteiger partial charge on any atom is -0.407 e. The molecule has 0 aliphatic carbocycles. The lowest BCUT2D eigenvalue weighted by Crippen LogP contribution is -2.42. The Morgan fingerprint density at radius 2 is 1.74 bits per heavy atom. The van der Waals surface area contributed by atoms with E-state index in [9.17, 15) is 0 Å². The van der Waals surface area contributed by atoms with E-state index in [1.165, 1.54) is 24.8 Å². The zero-order valence-corrected chi connectivity index (χ0v) is 21.4. The summed E-state index contributed by atoms with van der Waals surface area (Å²) in [6, 6.07) is 14.8. The fourth-order valence-corrected chi connectivity index (χ4v) is 5.23. The average molecular weight is 457 g/mol. The summed E-state index contributed by atoms with van der Waals surface area (Å²) < 4.78 is 12.3. The van der Waals surface area contributed by atoms with Gasteiger partial charge in [-0.25, -0.2) is 0 Å². The van der Waals surface area contributed by atoms with Crippen LogP contribution in [0, 0.1) is 0 Å². The molecule has 0 aliphatic heterocycles. The Balaban J connectivity index is 1.58. The topological polar surface area (TPSA) is 48.2 Å². The molecule has 31 heavy (non-hydrogen) atoms. The van der Waals surface area contributed by atoms with Gasteiger partial charge in [0.2, 0.25) is 0 Å². The summed E-state index contributed by atoms with van der Waals surface area (Å²) in [6.45, 7) is 11.4. The van der Waals surface area contributed by atoms with Crippen LogP contribution < -0.4 is 0 Å². The van der Waals surface area contributed by atoms with Crippen LogP contribution in [0.3, 0.4) is 0 Å². The van der Waals surface area contributed by atoms with Crippen LogP contribution in [-0.2, 0) is 10.8 Å². The molecular formula is C25H36N2O2SSi. The maximum atomic E-state index is 6.75. The zero-order valence-electron chi connectivity index (χ0n) is 19.6. The summed E-state index contributed by atoms with van der Waals surface area (Å²) >= 11 is 1.62. The highest BCUT2D eigenvalue weighted by Gasteiger charge is 2.40. The standard InChI is InChI=1S/C25H36N2O2SSi/c1-25(2,3)31(4,5)29-21(23-26-24(28-27-23)22-18-13-19-30-22)17-12-7-6-9-14-20-15-10-8-11-16-20/h8,10-11,13,15-16,18-19,21H,6-7,9,12,14,17H2,1-5H3. The van der Waals surface area contributed by atoms with Crippen molar-refractivity contribution in [3.05, 3.63) is 59.2 Å². The number of benzene rings is 1. The van der Waals surface area contributed by atoms with E-state index in [2.05, 4.69) is 69.4 Å². The van der Waals surface area contributed by atoms with E-state index < -0.39 is 8.32 Å². The van der Waals surface area contributed by atoms with Gasteiger partial charge in [-0.3, -0.25) is 0 Å². The molecule has 0 fully saturated rings. The molecule has 168 valence electrons. The Morgan fingerprint density at radius 1 is 1.00 bits per heavy atom. The molecule has 2 heterocycles. The molecule has 3 rings (SSSR count). The molecule has 0 N–H and O–H groups in total. The number of unbranched alkanes of at least 4 members (excludes halogenated alkanes) is 3. The van der Waals surface area contributed by atoms with Gasteiger partial charge >= 0.3 is 0 Å². The van der Waals surface area contributed by atoms with Crippen LogP contribution in [-0.4, -0.2) is 18.5 Å². The third-order valence-electron chi connectivity index (χ3n) is 6.23. The third-order valence-corrected chi connectivity index (χ3v) is 11.6. The molecule has 0 radical (unpaired) electrons. The Kier molecular flexibility index (Phi) is 8.25. The highest BCUT2D eigenvalue weighted by molar-refractivity contribution is 7.13. The molecule has 4 nitrogen and oxygen atoms in total. The van der Waals surface area contributed by atoms with E-state index in [0.29, 0.717) is 11.7 Å². The molecule has 0 saturated carbocycles. The van der Waals surface area contributed by atoms with Gasteiger partial charge < -0.3 is 8.95 Å². The van der Waals surface area contributed by atoms with Crippen LogP contribution in [0.5, 0.6) is 0 Å². The van der Waals surface area contributed by atoms with Gasteiger partial charge in [0.05, 0.1) is 4.88 Å². The highest BCUT2D eigenvalue weighted by atomic mass is 32.1. The molecule has 6 heteroatoms. The molecule has 1 aromatic carbocycles. The van der Waals surface area contributed by atoms with Crippen LogP contribution >= 0.6 is 11.3 Å². The number of thiophene rings is 1. The van der Waals surface area contributed by atoms with Crippen LogP contribution in [0.15, 0.2) is 52.4 Å². The van der Waals surface area contributed by atoms with Crippen molar-refractivity contribution >= 4 is 19.7 Å². The van der Waals surface area contributed by atoms with Crippen molar-refractivity contribution in [3.8, 4) is 10.8 Å². The lowest BCUT2D eigenvalue weighted by Gasteiger charge is -2.38. The van der Waals surface area contributed by atoms with Gasteiger partial charge in [0, 0.05) is 0 Å². The molecule has 0 saturated heterocycles. The number of rotatable bonds is 11. The average Bonchev–Trinajstić information content (AvgIpc) is 3.41. The Labute approximate surface area is 192 Å². The number of hydrogen-bond acceptors (Lipinski definition) is 5. The van der Waals surface area contributed by atoms with E-state index >= 15 is 0 Å². The van der Waals surface area contributed by atoms with Gasteiger partial charge in [-0.05, 0) is 54.4 Å². The summed E-state index contributed by atoms with van der Waals surface area (Å²) in [5, 5.41) is 6.48. The Bertz CT molecular complexity index is 901. The third kappa shape index (κ3) is 6.86. The SMILES string of the molecule is CC(C)(C)[Si](C)(C)OC(CCCCCCc1ccccc1)c1noc(-c2cccs2)n1. The largest absolute Gasteiger partial charge is 0.407 e. The molecular weight excluding hydrogens is 420 g/mol. The number of hydrogen-bond donors (Lipinski definition) is 0. The molecule has 0 spiro atoms. The van der Waals surface area contributed by atoms with E-state index in [1.807, 2.05) is 17.5 Å². The summed E-state index contributed by atoms with van der Waals surface area (Å²) in [6.07, 6.45) is 6.74. The first-order valence-corrected chi connectivity index (χ1v) is 15.1. The lowest BCUT2D eigenvalue weighted by molar-refractivity contribution is 0.157. The molecule has 3 aromatic rings. The van der Waals surface area contributed by atoms with Gasteiger partial charge in [0.25, 0.3) is 5.89 Å². The lowest BCUT2D eigenvalue weighted by atomic mass is 10.0. The molecule has 1 unspecified atom stereocenters. The predicted octanol–water partition coefficient (Wildman–Crippen LogP) is 8.05. The highest BCUT2D eigenvalue weighted by Crippen LogP contribution is 2.40. The van der Waals surface area contributed by atoms with Gasteiger partial charge in [0.15, 0.2) is 14.1 Å². The van der Waals surface area contributed by atoms with Crippen molar-refractivity contribution in [2.24, 2.45) is 0 Å². The second-order valence-corrected chi connectivity index (χ2v) is 15.4. The van der Waals surface area contributed by atoms with Gasteiger partial charge in [-0.2, -0.15) is 4.98 Å². The van der Waals surface area contributed by atoms with Gasteiger partial charge in [-0.1, -0.05) is 81.6 Å². The minimum atomic E-state index is -1.95. The van der Waals surface area contributed by atoms with E-state index in [-0.39, 0.29) is 11.1 Å². The summed E-state index contributed by atoms with van der Waals surface area (Å²) in [7, 11) is -1.95. The summed E-state index contributed by atoms with van der Waals surface area (Å²) in [4.78, 5) is 5.71. The Hall–Kier alpha value is -1.76. The molecule has 1 atom stereocenters. The fraction of sp³-hybridized carbons (Fsp3) is 0.520. The minimum absolute atomic E-state index is 0.104. The first-order chi connectivity index (χ1) is 14.8. The smallest absolute Gasteiger partial charge is 0.268 e. The number of aryl methyl sites for hydroxylation is 1. The van der Waals surface area contributed by atoms with Crippen molar-refractivity contribution in [1.29, 1.82) is 0 Å². The summed E-state index contributed by atoms with van der Waals surface area (Å²) in [5.41, 5.74) is 1.43. The van der Waals surface area contributed by atoms with Crippen molar-refractivity contribution in [2.45, 2.75) is 83.5 Å². The maximum absolute atomic E-state index is 6.75. The van der Waals surface area contributed by atoms with Gasteiger partial charge in [-0.15, -0.1) is 11.3 Å². The van der Waals surface area contributed by atoms with E-state index in [1.54, 1.807) is 11.3 Å². The molecule has 0 aliphatic rings. The normalized spacial score (nSPS) is 13.5. The van der Waals surface area contributed by atoms with Gasteiger partial charge in [0.1, 0.15) is 6.10 Å². The number of nitrogens with zero attached hydrogens (tertiary/aromatic N) is 2.